The average Bonchev–Trinajstić information content (AvgIpc) is 2.91. The lowest BCUT2D eigenvalue weighted by atomic mass is 9.99. The fraction of sp³-hybridized carbons (Fsp3) is 0.172. The smallest absolute Gasteiger partial charge is 0.119 e. The second-order valence-corrected chi connectivity index (χ2v) is 8.74. The minimum Gasteiger partial charge on any atom is -0.497 e. The summed E-state index contributed by atoms with van der Waals surface area (Å²) < 4.78 is 11.0. The third kappa shape index (κ3) is 5.98. The van der Waals surface area contributed by atoms with Crippen LogP contribution in [-0.2, 0) is 0 Å². The van der Waals surface area contributed by atoms with Crippen molar-refractivity contribution in [3.05, 3.63) is 96.6 Å². The molecule has 0 atom stereocenters. The van der Waals surface area contributed by atoms with Gasteiger partial charge in [-0.2, -0.15) is 5.26 Å². The molecule has 4 nitrogen and oxygen atoms in total. The van der Waals surface area contributed by atoms with Gasteiger partial charge >= 0.3 is 0 Å². The van der Waals surface area contributed by atoms with Gasteiger partial charge in [-0.3, -0.25) is 0 Å². The maximum atomic E-state index is 9.99. The number of nitriles is 1. The van der Waals surface area contributed by atoms with Crippen molar-refractivity contribution < 1.29 is 9.47 Å². The van der Waals surface area contributed by atoms with E-state index >= 15 is 0 Å². The van der Waals surface area contributed by atoms with Gasteiger partial charge in [0.1, 0.15) is 22.6 Å². The van der Waals surface area contributed by atoms with Gasteiger partial charge in [-0.1, -0.05) is 60.7 Å². The number of nitrogens with zero attached hydrogens (tertiary/aromatic N) is 2. The normalized spacial score (nSPS) is 10.5. The third-order valence-corrected chi connectivity index (χ3v) is 6.42. The van der Waals surface area contributed by atoms with Crippen LogP contribution in [0.2, 0.25) is 0 Å². The van der Waals surface area contributed by atoms with Crippen molar-refractivity contribution in [2.24, 2.45) is 0 Å². The molecule has 3 aromatic carbocycles. The number of pyridine rings is 1. The largest absolute Gasteiger partial charge is 0.497 e. The first-order valence-electron chi connectivity index (χ1n) is 11.2. The molecule has 0 spiro atoms. The predicted octanol–water partition coefficient (Wildman–Crippen LogP) is 7.25. The number of thioether (sulfide) groups is 1. The van der Waals surface area contributed by atoms with Gasteiger partial charge in [-0.25, -0.2) is 4.98 Å². The van der Waals surface area contributed by atoms with E-state index in [-0.39, 0.29) is 0 Å². The highest BCUT2D eigenvalue weighted by atomic mass is 32.2. The number of aromatic nitrogens is 1. The van der Waals surface area contributed by atoms with Crippen LogP contribution in [0.15, 0.2) is 96.0 Å². The zero-order chi connectivity index (χ0) is 23.6. The van der Waals surface area contributed by atoms with E-state index in [0.29, 0.717) is 12.2 Å². The lowest BCUT2D eigenvalue weighted by Crippen LogP contribution is -1.99. The van der Waals surface area contributed by atoms with Gasteiger partial charge in [-0.15, -0.1) is 11.8 Å². The Morgan fingerprint density at radius 3 is 2.12 bits per heavy atom. The summed E-state index contributed by atoms with van der Waals surface area (Å²) >= 11 is 1.63. The summed E-state index contributed by atoms with van der Waals surface area (Å²) in [7, 11) is 1.65. The fourth-order valence-electron chi connectivity index (χ4n) is 3.57. The summed E-state index contributed by atoms with van der Waals surface area (Å²) in [6.07, 6.45) is 1.88. The number of hydrogen-bond donors (Lipinski definition) is 0. The quantitative estimate of drug-likeness (QED) is 0.182. The molecule has 0 radical (unpaired) electrons. The van der Waals surface area contributed by atoms with Crippen LogP contribution >= 0.6 is 11.8 Å². The van der Waals surface area contributed by atoms with E-state index in [1.54, 1.807) is 18.9 Å². The Hall–Kier alpha value is -3.75. The second kappa shape index (κ2) is 11.9. The molecule has 4 aromatic rings. The van der Waals surface area contributed by atoms with Crippen LogP contribution in [0.25, 0.3) is 22.4 Å². The zero-order valence-corrected chi connectivity index (χ0v) is 19.9. The average molecular weight is 467 g/mol. The lowest BCUT2D eigenvalue weighted by Gasteiger charge is -2.13. The summed E-state index contributed by atoms with van der Waals surface area (Å²) in [6.45, 7) is 0.644. The molecule has 0 aliphatic carbocycles. The Kier molecular flexibility index (Phi) is 8.21. The van der Waals surface area contributed by atoms with Crippen molar-refractivity contribution in [1.29, 1.82) is 5.26 Å². The minimum atomic E-state index is 0.630. The van der Waals surface area contributed by atoms with Gasteiger partial charge in [0.2, 0.25) is 0 Å². The second-order valence-electron chi connectivity index (χ2n) is 7.66. The number of rotatable bonds is 10. The van der Waals surface area contributed by atoms with Gasteiger partial charge in [0, 0.05) is 11.1 Å². The molecule has 0 aliphatic rings. The molecule has 0 bridgehead atoms. The first-order chi connectivity index (χ1) is 16.8. The van der Waals surface area contributed by atoms with Gasteiger partial charge in [0.05, 0.1) is 25.0 Å². The van der Waals surface area contributed by atoms with Crippen LogP contribution in [-0.4, -0.2) is 24.5 Å². The molecule has 0 aliphatic heterocycles. The molecule has 4 rings (SSSR count). The Labute approximate surface area is 205 Å². The van der Waals surface area contributed by atoms with Crippen LogP contribution in [0.1, 0.15) is 18.4 Å². The highest BCUT2D eigenvalue weighted by Crippen LogP contribution is 2.34. The Morgan fingerprint density at radius 1 is 0.824 bits per heavy atom. The van der Waals surface area contributed by atoms with E-state index in [9.17, 15) is 5.26 Å². The van der Waals surface area contributed by atoms with Gasteiger partial charge in [-0.05, 0) is 54.5 Å². The number of methoxy groups -OCH3 is 1. The molecule has 34 heavy (non-hydrogen) atoms. The molecule has 0 N–H and O–H groups in total. The minimum absolute atomic E-state index is 0.630. The highest BCUT2D eigenvalue weighted by Gasteiger charge is 2.15. The molecular weight excluding hydrogens is 440 g/mol. The van der Waals surface area contributed by atoms with Crippen LogP contribution in [0.5, 0.6) is 11.5 Å². The SMILES string of the molecule is COc1ccc(OCCCCSc2nc(-c3ccccc3)cc(-c3ccccc3)c2C#N)cc1. The number of benzene rings is 3. The lowest BCUT2D eigenvalue weighted by molar-refractivity contribution is 0.309. The van der Waals surface area contributed by atoms with Crippen LogP contribution < -0.4 is 9.47 Å². The van der Waals surface area contributed by atoms with E-state index in [4.69, 9.17) is 14.5 Å². The number of unbranched alkanes of at least 4 members (excludes halogenated alkanes) is 1. The molecule has 0 fully saturated rings. The first kappa shape index (κ1) is 23.4. The first-order valence-corrected chi connectivity index (χ1v) is 12.2. The summed E-state index contributed by atoms with van der Waals surface area (Å²) in [4.78, 5) is 4.88. The molecule has 5 heteroatoms. The van der Waals surface area contributed by atoms with E-state index in [1.165, 1.54) is 0 Å². The van der Waals surface area contributed by atoms with Gasteiger partial charge < -0.3 is 9.47 Å². The number of ether oxygens (including phenoxy) is 2. The monoisotopic (exact) mass is 466 g/mol. The van der Waals surface area contributed by atoms with Crippen molar-refractivity contribution in [3.63, 3.8) is 0 Å². The van der Waals surface area contributed by atoms with Crippen LogP contribution in [0, 0.1) is 11.3 Å². The molecule has 170 valence electrons. The topological polar surface area (TPSA) is 55.1 Å². The predicted molar refractivity (Wildman–Crippen MR) is 138 cm³/mol. The molecule has 0 saturated carbocycles. The fourth-order valence-corrected chi connectivity index (χ4v) is 4.58. The third-order valence-electron chi connectivity index (χ3n) is 5.36. The van der Waals surface area contributed by atoms with E-state index in [2.05, 4.69) is 6.07 Å². The molecule has 0 saturated heterocycles. The van der Waals surface area contributed by atoms with Crippen molar-refractivity contribution in [3.8, 4) is 40.0 Å². The highest BCUT2D eigenvalue weighted by molar-refractivity contribution is 7.99. The standard InChI is InChI=1S/C29H26N2O2S/c1-32-24-14-16-25(17-15-24)33-18-8-9-19-34-29-27(21-30)26(22-10-4-2-5-11-22)20-28(31-29)23-12-6-3-7-13-23/h2-7,10-17,20H,8-9,18-19H2,1H3. The van der Waals surface area contributed by atoms with Crippen molar-refractivity contribution in [2.75, 3.05) is 19.5 Å². The van der Waals surface area contributed by atoms with Crippen molar-refractivity contribution in [1.82, 2.24) is 4.98 Å². The molecule has 0 unspecified atom stereocenters. The summed E-state index contributed by atoms with van der Waals surface area (Å²) in [5.74, 6) is 2.52. The Morgan fingerprint density at radius 2 is 1.47 bits per heavy atom. The molecule has 1 heterocycles. The molecule has 0 amide bonds. The van der Waals surface area contributed by atoms with Crippen LogP contribution in [0.3, 0.4) is 0 Å². The van der Waals surface area contributed by atoms with E-state index < -0.39 is 0 Å². The van der Waals surface area contributed by atoms with Crippen molar-refractivity contribution in [2.45, 2.75) is 17.9 Å². The summed E-state index contributed by atoms with van der Waals surface area (Å²) in [5.41, 5.74) is 4.49. The number of hydrogen-bond acceptors (Lipinski definition) is 5. The maximum Gasteiger partial charge on any atom is 0.119 e. The van der Waals surface area contributed by atoms with Crippen molar-refractivity contribution >= 4 is 11.8 Å². The van der Waals surface area contributed by atoms with Crippen LogP contribution in [0.4, 0.5) is 0 Å². The van der Waals surface area contributed by atoms with Gasteiger partial charge in [0.25, 0.3) is 0 Å². The van der Waals surface area contributed by atoms with E-state index in [0.717, 1.165) is 57.5 Å². The van der Waals surface area contributed by atoms with Gasteiger partial charge in [0.15, 0.2) is 0 Å². The molecule has 1 aromatic heterocycles. The summed E-state index contributed by atoms with van der Waals surface area (Å²) in [5, 5.41) is 10.8. The Balaban J connectivity index is 1.45. The Bertz CT molecular complexity index is 1240. The zero-order valence-electron chi connectivity index (χ0n) is 19.1. The maximum absolute atomic E-state index is 9.99. The van der Waals surface area contributed by atoms with E-state index in [1.807, 2.05) is 91.0 Å². The molecular formula is C29H26N2O2S. The summed E-state index contributed by atoms with van der Waals surface area (Å²) in [6, 6.07) is 32.2.